The summed E-state index contributed by atoms with van der Waals surface area (Å²) in [6.45, 7) is 3.82. The van der Waals surface area contributed by atoms with E-state index in [2.05, 4.69) is 11.9 Å². The van der Waals surface area contributed by atoms with Crippen LogP contribution in [0.2, 0.25) is 10.0 Å². The smallest absolute Gasteiger partial charge is 0.251 e. The molecule has 0 aromatic heterocycles. The van der Waals surface area contributed by atoms with E-state index in [9.17, 15) is 9.90 Å². The molecule has 1 aromatic carbocycles. The van der Waals surface area contributed by atoms with E-state index in [-0.39, 0.29) is 21.7 Å². The van der Waals surface area contributed by atoms with Gasteiger partial charge in [-0.1, -0.05) is 29.3 Å². The molecular formula is C10H9Cl2NO2. The van der Waals surface area contributed by atoms with E-state index in [0.717, 1.165) is 0 Å². The minimum atomic E-state index is -0.321. The highest BCUT2D eigenvalue weighted by Crippen LogP contribution is 2.32. The lowest BCUT2D eigenvalue weighted by molar-refractivity contribution is 0.0958. The molecule has 0 aliphatic heterocycles. The lowest BCUT2D eigenvalue weighted by Crippen LogP contribution is -2.23. The van der Waals surface area contributed by atoms with Gasteiger partial charge in [0.25, 0.3) is 5.91 Å². The molecule has 3 nitrogen and oxygen atoms in total. The van der Waals surface area contributed by atoms with Crippen LogP contribution in [0.4, 0.5) is 0 Å². The summed E-state index contributed by atoms with van der Waals surface area (Å²) in [7, 11) is 0. The van der Waals surface area contributed by atoms with Crippen LogP contribution in [-0.2, 0) is 0 Å². The van der Waals surface area contributed by atoms with Gasteiger partial charge in [0.2, 0.25) is 0 Å². The van der Waals surface area contributed by atoms with Gasteiger partial charge in [-0.05, 0) is 12.1 Å². The van der Waals surface area contributed by atoms with E-state index in [1.54, 1.807) is 6.08 Å². The molecule has 0 fully saturated rings. The fraction of sp³-hybridized carbons (Fsp3) is 0.100. The number of benzene rings is 1. The molecule has 0 radical (unpaired) electrons. The molecule has 2 N–H and O–H groups in total. The summed E-state index contributed by atoms with van der Waals surface area (Å²) in [6, 6.07) is 2.70. The Morgan fingerprint density at radius 3 is 2.47 bits per heavy atom. The van der Waals surface area contributed by atoms with E-state index in [0.29, 0.717) is 12.1 Å². The van der Waals surface area contributed by atoms with E-state index in [4.69, 9.17) is 23.2 Å². The maximum atomic E-state index is 11.5. The van der Waals surface area contributed by atoms with Gasteiger partial charge >= 0.3 is 0 Å². The van der Waals surface area contributed by atoms with Crippen molar-refractivity contribution in [2.45, 2.75) is 0 Å². The summed E-state index contributed by atoms with van der Waals surface area (Å²) >= 11 is 11.3. The third-order valence-corrected chi connectivity index (χ3v) is 2.26. The maximum absolute atomic E-state index is 11.5. The highest BCUT2D eigenvalue weighted by Gasteiger charge is 2.11. The maximum Gasteiger partial charge on any atom is 0.251 e. The van der Waals surface area contributed by atoms with Crippen LogP contribution in [0.3, 0.4) is 0 Å². The van der Waals surface area contributed by atoms with Gasteiger partial charge in [-0.25, -0.2) is 0 Å². The van der Waals surface area contributed by atoms with Crippen LogP contribution in [0, 0.1) is 0 Å². The van der Waals surface area contributed by atoms with E-state index >= 15 is 0 Å². The Hall–Kier alpha value is -1.19. The average Bonchev–Trinajstić information content (AvgIpc) is 2.21. The molecule has 0 aliphatic carbocycles. The lowest BCUT2D eigenvalue weighted by Gasteiger charge is -2.05. The van der Waals surface area contributed by atoms with Gasteiger partial charge in [-0.2, -0.15) is 0 Å². The predicted octanol–water partition coefficient (Wildman–Crippen LogP) is 2.61. The number of carbonyl (C=O) groups is 1. The number of phenolic OH excluding ortho intramolecular Hbond substituents is 1. The average molecular weight is 246 g/mol. The van der Waals surface area contributed by atoms with Crippen molar-refractivity contribution in [3.8, 4) is 5.75 Å². The fourth-order valence-electron chi connectivity index (χ4n) is 0.964. The second kappa shape index (κ2) is 5.05. The number of carbonyl (C=O) groups excluding carboxylic acids is 1. The Bertz CT molecular complexity index is 381. The van der Waals surface area contributed by atoms with Crippen LogP contribution in [0.5, 0.6) is 5.75 Å². The SMILES string of the molecule is C=CCNC(=O)c1cc(Cl)c(O)c(Cl)c1. The highest BCUT2D eigenvalue weighted by molar-refractivity contribution is 6.37. The molecule has 0 atom stereocenters. The number of halogens is 2. The van der Waals surface area contributed by atoms with Crippen LogP contribution >= 0.6 is 23.2 Å². The van der Waals surface area contributed by atoms with Crippen LogP contribution in [0.25, 0.3) is 0 Å². The summed E-state index contributed by atoms with van der Waals surface area (Å²) in [5.41, 5.74) is 0.296. The molecule has 1 rings (SSSR count). The first-order chi connectivity index (χ1) is 7.06. The van der Waals surface area contributed by atoms with E-state index < -0.39 is 0 Å². The molecule has 80 valence electrons. The number of hydrogen-bond donors (Lipinski definition) is 2. The van der Waals surface area contributed by atoms with Gasteiger partial charge in [0.1, 0.15) is 0 Å². The predicted molar refractivity (Wildman–Crippen MR) is 60.7 cm³/mol. The summed E-state index contributed by atoms with van der Waals surface area (Å²) in [5.74, 6) is -0.544. The number of hydrogen-bond acceptors (Lipinski definition) is 2. The third-order valence-electron chi connectivity index (χ3n) is 1.69. The first-order valence-electron chi connectivity index (χ1n) is 4.13. The van der Waals surface area contributed by atoms with Crippen molar-refractivity contribution in [2.24, 2.45) is 0 Å². The molecule has 0 bridgehead atoms. The first kappa shape index (κ1) is 11.9. The molecule has 5 heteroatoms. The van der Waals surface area contributed by atoms with Crippen molar-refractivity contribution in [2.75, 3.05) is 6.54 Å². The van der Waals surface area contributed by atoms with Crippen LogP contribution < -0.4 is 5.32 Å². The lowest BCUT2D eigenvalue weighted by atomic mass is 10.2. The van der Waals surface area contributed by atoms with Gasteiger partial charge in [-0.3, -0.25) is 4.79 Å². The Balaban J connectivity index is 2.95. The Labute approximate surface area is 97.3 Å². The molecular weight excluding hydrogens is 237 g/mol. The summed E-state index contributed by atoms with van der Waals surface area (Å²) in [4.78, 5) is 11.5. The second-order valence-corrected chi connectivity index (χ2v) is 3.60. The zero-order chi connectivity index (χ0) is 11.4. The summed E-state index contributed by atoms with van der Waals surface area (Å²) in [5, 5.41) is 11.9. The van der Waals surface area contributed by atoms with Crippen molar-refractivity contribution < 1.29 is 9.90 Å². The zero-order valence-corrected chi connectivity index (χ0v) is 9.27. The van der Waals surface area contributed by atoms with Crippen LogP contribution in [0.15, 0.2) is 24.8 Å². The van der Waals surface area contributed by atoms with E-state index in [1.807, 2.05) is 0 Å². The van der Waals surface area contributed by atoms with Gasteiger partial charge in [0, 0.05) is 12.1 Å². The Kier molecular flexibility index (Phi) is 4.00. The molecule has 1 amide bonds. The van der Waals surface area contributed by atoms with Gasteiger partial charge in [-0.15, -0.1) is 6.58 Å². The van der Waals surface area contributed by atoms with Gasteiger partial charge in [0.05, 0.1) is 10.0 Å². The van der Waals surface area contributed by atoms with Crippen molar-refractivity contribution in [3.63, 3.8) is 0 Å². The molecule has 0 saturated heterocycles. The number of nitrogens with one attached hydrogen (secondary N) is 1. The molecule has 15 heavy (non-hydrogen) atoms. The van der Waals surface area contributed by atoms with Crippen LogP contribution in [-0.4, -0.2) is 17.6 Å². The summed E-state index contributed by atoms with van der Waals surface area (Å²) < 4.78 is 0. The van der Waals surface area contributed by atoms with Crippen molar-refractivity contribution in [3.05, 3.63) is 40.4 Å². The standard InChI is InChI=1S/C10H9Cl2NO2/c1-2-3-13-10(15)6-4-7(11)9(14)8(12)5-6/h2,4-5,14H,1,3H2,(H,13,15). The quantitative estimate of drug-likeness (QED) is 0.805. The number of aromatic hydroxyl groups is 1. The van der Waals surface area contributed by atoms with Gasteiger partial charge < -0.3 is 10.4 Å². The normalized spacial score (nSPS) is 9.73. The summed E-state index contributed by atoms with van der Waals surface area (Å²) in [6.07, 6.45) is 1.56. The minimum absolute atomic E-state index is 0.0475. The number of rotatable bonds is 3. The highest BCUT2D eigenvalue weighted by atomic mass is 35.5. The Morgan fingerprint density at radius 2 is 2.00 bits per heavy atom. The van der Waals surface area contributed by atoms with Crippen LogP contribution in [0.1, 0.15) is 10.4 Å². The van der Waals surface area contributed by atoms with E-state index in [1.165, 1.54) is 12.1 Å². The molecule has 0 unspecified atom stereocenters. The zero-order valence-electron chi connectivity index (χ0n) is 7.76. The Morgan fingerprint density at radius 1 is 1.47 bits per heavy atom. The fourth-order valence-corrected chi connectivity index (χ4v) is 1.45. The molecule has 1 aromatic rings. The minimum Gasteiger partial charge on any atom is -0.505 e. The largest absolute Gasteiger partial charge is 0.505 e. The topological polar surface area (TPSA) is 49.3 Å². The first-order valence-corrected chi connectivity index (χ1v) is 4.89. The van der Waals surface area contributed by atoms with Crippen molar-refractivity contribution in [1.29, 1.82) is 0 Å². The number of amides is 1. The van der Waals surface area contributed by atoms with Gasteiger partial charge in [0.15, 0.2) is 5.75 Å². The number of phenols is 1. The third kappa shape index (κ3) is 2.88. The molecule has 0 saturated carbocycles. The molecule has 0 spiro atoms. The van der Waals surface area contributed by atoms with Crippen molar-refractivity contribution in [1.82, 2.24) is 5.32 Å². The molecule has 0 aliphatic rings. The monoisotopic (exact) mass is 245 g/mol. The second-order valence-electron chi connectivity index (χ2n) is 2.79. The molecule has 0 heterocycles. The van der Waals surface area contributed by atoms with Crippen molar-refractivity contribution >= 4 is 29.1 Å².